The number of hydrogen-bond acceptors (Lipinski definition) is 1. The molecule has 3 heteroatoms. The molecule has 4 aromatic rings. The van der Waals surface area contributed by atoms with E-state index in [4.69, 9.17) is 11.6 Å². The van der Waals surface area contributed by atoms with Crippen LogP contribution in [0.15, 0.2) is 66.9 Å². The molecule has 0 saturated carbocycles. The maximum absolute atomic E-state index is 6.31. The summed E-state index contributed by atoms with van der Waals surface area (Å²) in [5, 5.41) is 3.20. The molecule has 2 nitrogen and oxygen atoms in total. The average molecular weight is 293 g/mol. The minimum absolute atomic E-state index is 0.723. The van der Waals surface area contributed by atoms with Gasteiger partial charge in [-0.05, 0) is 29.8 Å². The summed E-state index contributed by atoms with van der Waals surface area (Å²) in [4.78, 5) is 4.56. The highest BCUT2D eigenvalue weighted by molar-refractivity contribution is 6.31. The molecule has 0 aliphatic rings. The second kappa shape index (κ2) is 4.90. The van der Waals surface area contributed by atoms with Gasteiger partial charge >= 0.3 is 0 Å². The predicted octanol–water partition coefficient (Wildman–Crippen LogP) is 4.89. The molecular weight excluding hydrogens is 280 g/mol. The van der Waals surface area contributed by atoms with Crippen LogP contribution in [0.2, 0.25) is 5.02 Å². The van der Waals surface area contributed by atoms with Crippen LogP contribution >= 0.6 is 11.6 Å². The van der Waals surface area contributed by atoms with Gasteiger partial charge in [0.15, 0.2) is 0 Å². The van der Waals surface area contributed by atoms with Crippen LogP contribution in [0.1, 0.15) is 5.56 Å². The summed E-state index contributed by atoms with van der Waals surface area (Å²) in [6, 6.07) is 20.5. The number of fused-ring (bicyclic) bond motifs is 3. The van der Waals surface area contributed by atoms with Gasteiger partial charge in [0.25, 0.3) is 0 Å². The smallest absolute Gasteiger partial charge is 0.141 e. The molecule has 0 N–H and O–H groups in total. The van der Waals surface area contributed by atoms with Crippen molar-refractivity contribution in [1.29, 1.82) is 0 Å². The number of pyridine rings is 1. The number of benzene rings is 2. The predicted molar refractivity (Wildman–Crippen MR) is 87.8 cm³/mol. The van der Waals surface area contributed by atoms with Crippen molar-refractivity contribution in [3.63, 3.8) is 0 Å². The average Bonchev–Trinajstić information content (AvgIpc) is 2.85. The van der Waals surface area contributed by atoms with E-state index in [-0.39, 0.29) is 0 Å². The van der Waals surface area contributed by atoms with E-state index in [9.17, 15) is 0 Å². The van der Waals surface area contributed by atoms with Crippen LogP contribution in [0.3, 0.4) is 0 Å². The molecule has 0 unspecified atom stereocenters. The van der Waals surface area contributed by atoms with Crippen LogP contribution in [-0.4, -0.2) is 9.55 Å². The first kappa shape index (κ1) is 12.4. The highest BCUT2D eigenvalue weighted by atomic mass is 35.5. The quantitative estimate of drug-likeness (QED) is 0.514. The normalized spacial score (nSPS) is 11.3. The fraction of sp³-hybridized carbons (Fsp3) is 0.0556. The molecule has 102 valence electrons. The first-order valence-electron chi connectivity index (χ1n) is 6.90. The van der Waals surface area contributed by atoms with Crippen molar-refractivity contribution in [2.24, 2.45) is 0 Å². The highest BCUT2D eigenvalue weighted by Gasteiger charge is 2.11. The molecular formula is C18H13ClN2. The first-order chi connectivity index (χ1) is 10.3. The minimum Gasteiger partial charge on any atom is -0.321 e. The summed E-state index contributed by atoms with van der Waals surface area (Å²) in [6.07, 6.45) is 1.84. The molecule has 0 atom stereocenters. The summed E-state index contributed by atoms with van der Waals surface area (Å²) >= 11 is 6.31. The van der Waals surface area contributed by atoms with Crippen molar-refractivity contribution in [3.8, 4) is 0 Å². The number of rotatable bonds is 2. The lowest BCUT2D eigenvalue weighted by Crippen LogP contribution is -2.00. The standard InChI is InChI=1S/C18H13ClN2/c19-16-9-3-1-6-13(16)12-21-17-10-4-2-7-14(17)15-8-5-11-20-18(15)21/h1-11H,12H2. The van der Waals surface area contributed by atoms with E-state index in [1.165, 1.54) is 16.3 Å². The van der Waals surface area contributed by atoms with Crippen LogP contribution in [-0.2, 0) is 6.54 Å². The SMILES string of the molecule is Clc1ccccc1Cn1c2ccccc2c2cccnc21. The third-order valence-corrected chi connectivity index (χ3v) is 4.18. The van der Waals surface area contributed by atoms with E-state index in [0.29, 0.717) is 0 Å². The van der Waals surface area contributed by atoms with E-state index in [0.717, 1.165) is 22.8 Å². The molecule has 0 saturated heterocycles. The Balaban J connectivity index is 2.00. The zero-order valence-corrected chi connectivity index (χ0v) is 12.1. The summed E-state index contributed by atoms with van der Waals surface area (Å²) in [7, 11) is 0. The van der Waals surface area contributed by atoms with E-state index >= 15 is 0 Å². The lowest BCUT2D eigenvalue weighted by atomic mass is 10.2. The Kier molecular flexibility index (Phi) is 2.90. The molecule has 0 aliphatic heterocycles. The molecule has 21 heavy (non-hydrogen) atoms. The maximum atomic E-state index is 6.31. The third-order valence-electron chi connectivity index (χ3n) is 3.81. The van der Waals surface area contributed by atoms with Crippen molar-refractivity contribution in [3.05, 3.63) is 77.4 Å². The largest absolute Gasteiger partial charge is 0.321 e. The van der Waals surface area contributed by atoms with Crippen LogP contribution in [0.5, 0.6) is 0 Å². The Morgan fingerprint density at radius 1 is 0.857 bits per heavy atom. The molecule has 0 aliphatic carbocycles. The second-order valence-corrected chi connectivity index (χ2v) is 5.48. The van der Waals surface area contributed by atoms with Crippen LogP contribution in [0.25, 0.3) is 21.9 Å². The topological polar surface area (TPSA) is 17.8 Å². The lowest BCUT2D eigenvalue weighted by molar-refractivity contribution is 0.856. The summed E-state index contributed by atoms with van der Waals surface area (Å²) in [6.45, 7) is 0.723. The number of nitrogens with zero attached hydrogens (tertiary/aromatic N) is 2. The zero-order valence-electron chi connectivity index (χ0n) is 11.3. The Labute approximate surface area is 127 Å². The second-order valence-electron chi connectivity index (χ2n) is 5.07. The number of halogens is 1. The Morgan fingerprint density at radius 2 is 1.62 bits per heavy atom. The van der Waals surface area contributed by atoms with Crippen molar-refractivity contribution < 1.29 is 0 Å². The first-order valence-corrected chi connectivity index (χ1v) is 7.28. The summed E-state index contributed by atoms with van der Waals surface area (Å²) in [5.41, 5.74) is 3.29. The van der Waals surface area contributed by atoms with Gasteiger partial charge in [0.2, 0.25) is 0 Å². The van der Waals surface area contributed by atoms with Gasteiger partial charge in [0.1, 0.15) is 5.65 Å². The van der Waals surface area contributed by atoms with Crippen molar-refractivity contribution in [2.45, 2.75) is 6.54 Å². The molecule has 0 bridgehead atoms. The molecule has 0 fully saturated rings. The summed E-state index contributed by atoms with van der Waals surface area (Å²) < 4.78 is 2.23. The van der Waals surface area contributed by atoms with Gasteiger partial charge in [0.05, 0.1) is 12.1 Å². The van der Waals surface area contributed by atoms with Gasteiger partial charge in [-0.15, -0.1) is 0 Å². The van der Waals surface area contributed by atoms with Gasteiger partial charge in [-0.25, -0.2) is 4.98 Å². The van der Waals surface area contributed by atoms with Gasteiger partial charge < -0.3 is 4.57 Å². The van der Waals surface area contributed by atoms with E-state index in [1.54, 1.807) is 0 Å². The number of para-hydroxylation sites is 1. The van der Waals surface area contributed by atoms with Gasteiger partial charge in [-0.1, -0.05) is 48.0 Å². The van der Waals surface area contributed by atoms with E-state index in [2.05, 4.69) is 45.9 Å². The van der Waals surface area contributed by atoms with Gasteiger partial charge in [-0.2, -0.15) is 0 Å². The molecule has 0 amide bonds. The Bertz CT molecular complexity index is 887. The van der Waals surface area contributed by atoms with Crippen LogP contribution in [0.4, 0.5) is 0 Å². The molecule has 0 spiro atoms. The molecule has 2 aromatic heterocycles. The summed E-state index contributed by atoms with van der Waals surface area (Å²) in [5.74, 6) is 0. The molecule has 4 rings (SSSR count). The Morgan fingerprint density at radius 3 is 2.52 bits per heavy atom. The van der Waals surface area contributed by atoms with E-state index in [1.807, 2.05) is 30.5 Å². The van der Waals surface area contributed by atoms with Crippen LogP contribution < -0.4 is 0 Å². The molecule has 0 radical (unpaired) electrons. The van der Waals surface area contributed by atoms with E-state index < -0.39 is 0 Å². The van der Waals surface area contributed by atoms with Gasteiger partial charge in [-0.3, -0.25) is 0 Å². The minimum atomic E-state index is 0.723. The highest BCUT2D eigenvalue weighted by Crippen LogP contribution is 2.29. The number of hydrogen-bond donors (Lipinski definition) is 0. The number of aromatic nitrogens is 2. The molecule has 2 aromatic carbocycles. The fourth-order valence-electron chi connectivity index (χ4n) is 2.83. The third kappa shape index (κ3) is 1.99. The maximum Gasteiger partial charge on any atom is 0.141 e. The molecule has 2 heterocycles. The lowest BCUT2D eigenvalue weighted by Gasteiger charge is -2.08. The van der Waals surface area contributed by atoms with Crippen molar-refractivity contribution in [1.82, 2.24) is 9.55 Å². The van der Waals surface area contributed by atoms with Gasteiger partial charge in [0, 0.05) is 22.0 Å². The monoisotopic (exact) mass is 292 g/mol. The van der Waals surface area contributed by atoms with Crippen molar-refractivity contribution >= 4 is 33.5 Å². The zero-order chi connectivity index (χ0) is 14.2. The van der Waals surface area contributed by atoms with Crippen LogP contribution in [0, 0.1) is 0 Å². The van der Waals surface area contributed by atoms with Crippen molar-refractivity contribution in [2.75, 3.05) is 0 Å². The Hall–Kier alpha value is -2.32. The fourth-order valence-corrected chi connectivity index (χ4v) is 3.03.